The molecule has 1 heterocycles. The first-order valence-electron chi connectivity index (χ1n) is 6.02. The highest BCUT2D eigenvalue weighted by atomic mass is 32.2. The number of nitrogen functional groups attached to an aromatic ring is 1. The fraction of sp³-hybridized carbons (Fsp3) is 0.214. The second-order valence-corrected chi connectivity index (χ2v) is 5.55. The molecule has 0 saturated heterocycles. The molecule has 19 heavy (non-hydrogen) atoms. The first-order valence-corrected chi connectivity index (χ1v) is 6.83. The number of nitrogens with two attached hydrogens (primary N) is 1. The molecule has 0 unspecified atom stereocenters. The molecule has 0 aliphatic heterocycles. The van der Waals surface area contributed by atoms with E-state index in [2.05, 4.69) is 48.3 Å². The fourth-order valence-corrected chi connectivity index (χ4v) is 2.50. The Balaban J connectivity index is 2.24. The summed E-state index contributed by atoms with van der Waals surface area (Å²) in [4.78, 5) is 1.06. The van der Waals surface area contributed by atoms with Gasteiger partial charge in [0.1, 0.15) is 10.9 Å². The molecule has 2 rings (SSSR count). The van der Waals surface area contributed by atoms with Gasteiger partial charge in [-0.15, -0.1) is 5.10 Å². The second kappa shape index (κ2) is 5.84. The van der Waals surface area contributed by atoms with Gasteiger partial charge < -0.3 is 5.73 Å². The third kappa shape index (κ3) is 3.32. The van der Waals surface area contributed by atoms with Gasteiger partial charge in [-0.1, -0.05) is 37.7 Å². The number of amidine groups is 1. The maximum atomic E-state index is 7.53. The third-order valence-corrected chi connectivity index (χ3v) is 3.74. The fourth-order valence-electron chi connectivity index (χ4n) is 1.63. The molecule has 0 aliphatic carbocycles. The summed E-state index contributed by atoms with van der Waals surface area (Å²) in [5.41, 5.74) is 7.45. The predicted molar refractivity (Wildman–Crippen MR) is 77.7 cm³/mol. The van der Waals surface area contributed by atoms with Gasteiger partial charge in [0.2, 0.25) is 0 Å². The molecule has 5 heteroatoms. The SMILES string of the molecule is CC(C)c1ccc(Sc2nnccc2C(=N)N)cc1. The van der Waals surface area contributed by atoms with Crippen LogP contribution in [0.15, 0.2) is 46.5 Å². The summed E-state index contributed by atoms with van der Waals surface area (Å²) in [6.07, 6.45) is 1.54. The molecule has 0 fully saturated rings. The van der Waals surface area contributed by atoms with E-state index in [-0.39, 0.29) is 5.84 Å². The number of nitrogens with one attached hydrogen (secondary N) is 1. The number of nitrogens with zero attached hydrogens (tertiary/aromatic N) is 2. The molecule has 0 atom stereocenters. The average molecular weight is 272 g/mol. The summed E-state index contributed by atoms with van der Waals surface area (Å²) in [7, 11) is 0. The topological polar surface area (TPSA) is 75.7 Å². The summed E-state index contributed by atoms with van der Waals surface area (Å²) in [5.74, 6) is 0.527. The van der Waals surface area contributed by atoms with Crippen molar-refractivity contribution in [1.29, 1.82) is 5.41 Å². The van der Waals surface area contributed by atoms with Crippen molar-refractivity contribution in [3.8, 4) is 0 Å². The van der Waals surface area contributed by atoms with Crippen LogP contribution in [-0.4, -0.2) is 16.0 Å². The maximum absolute atomic E-state index is 7.53. The van der Waals surface area contributed by atoms with E-state index in [1.54, 1.807) is 12.3 Å². The van der Waals surface area contributed by atoms with Crippen molar-refractivity contribution < 1.29 is 0 Å². The van der Waals surface area contributed by atoms with Crippen LogP contribution < -0.4 is 5.73 Å². The van der Waals surface area contributed by atoms with Crippen molar-refractivity contribution in [2.75, 3.05) is 0 Å². The quantitative estimate of drug-likeness (QED) is 0.662. The van der Waals surface area contributed by atoms with E-state index in [1.807, 2.05) is 0 Å². The Morgan fingerprint density at radius 3 is 2.47 bits per heavy atom. The highest BCUT2D eigenvalue weighted by molar-refractivity contribution is 7.99. The van der Waals surface area contributed by atoms with Crippen LogP contribution in [-0.2, 0) is 0 Å². The first kappa shape index (κ1) is 13.5. The zero-order chi connectivity index (χ0) is 13.8. The minimum atomic E-state index is 0.0104. The lowest BCUT2D eigenvalue weighted by atomic mass is 10.0. The highest BCUT2D eigenvalue weighted by Crippen LogP contribution is 2.29. The average Bonchev–Trinajstić information content (AvgIpc) is 2.39. The van der Waals surface area contributed by atoms with E-state index in [0.717, 1.165) is 4.90 Å². The molecule has 0 saturated carbocycles. The van der Waals surface area contributed by atoms with Crippen molar-refractivity contribution in [1.82, 2.24) is 10.2 Å². The Morgan fingerprint density at radius 2 is 1.89 bits per heavy atom. The molecular formula is C14H16N4S. The van der Waals surface area contributed by atoms with E-state index in [4.69, 9.17) is 11.1 Å². The number of hydrogen-bond donors (Lipinski definition) is 2. The van der Waals surface area contributed by atoms with E-state index in [9.17, 15) is 0 Å². The molecule has 0 bridgehead atoms. The summed E-state index contributed by atoms with van der Waals surface area (Å²) in [6, 6.07) is 10.0. The monoisotopic (exact) mass is 272 g/mol. The van der Waals surface area contributed by atoms with E-state index >= 15 is 0 Å². The number of aromatic nitrogens is 2. The van der Waals surface area contributed by atoms with Gasteiger partial charge in [-0.3, -0.25) is 5.41 Å². The third-order valence-electron chi connectivity index (χ3n) is 2.74. The number of benzene rings is 1. The van der Waals surface area contributed by atoms with Gasteiger partial charge in [0.05, 0.1) is 11.8 Å². The molecule has 2 aromatic rings. The lowest BCUT2D eigenvalue weighted by molar-refractivity contribution is 0.864. The summed E-state index contributed by atoms with van der Waals surface area (Å²) >= 11 is 1.47. The van der Waals surface area contributed by atoms with Crippen LogP contribution in [0.3, 0.4) is 0 Å². The van der Waals surface area contributed by atoms with Gasteiger partial charge in [0.25, 0.3) is 0 Å². The maximum Gasteiger partial charge on any atom is 0.134 e. The Morgan fingerprint density at radius 1 is 1.21 bits per heavy atom. The number of rotatable bonds is 4. The molecule has 1 aromatic carbocycles. The molecule has 1 aromatic heterocycles. The second-order valence-electron chi connectivity index (χ2n) is 4.49. The summed E-state index contributed by atoms with van der Waals surface area (Å²) in [6.45, 7) is 4.33. The van der Waals surface area contributed by atoms with Crippen LogP contribution >= 0.6 is 11.8 Å². The van der Waals surface area contributed by atoms with Crippen molar-refractivity contribution in [3.05, 3.63) is 47.7 Å². The van der Waals surface area contributed by atoms with Crippen molar-refractivity contribution in [2.45, 2.75) is 29.7 Å². The zero-order valence-corrected chi connectivity index (χ0v) is 11.7. The number of hydrogen-bond acceptors (Lipinski definition) is 4. The van der Waals surface area contributed by atoms with Crippen LogP contribution in [0.2, 0.25) is 0 Å². The van der Waals surface area contributed by atoms with Crippen LogP contribution in [0.25, 0.3) is 0 Å². The van der Waals surface area contributed by atoms with Gasteiger partial charge in [0, 0.05) is 4.90 Å². The molecule has 0 amide bonds. The summed E-state index contributed by atoms with van der Waals surface area (Å²) < 4.78 is 0. The predicted octanol–water partition coefficient (Wildman–Crippen LogP) is 3.04. The minimum absolute atomic E-state index is 0.0104. The van der Waals surface area contributed by atoms with Gasteiger partial charge >= 0.3 is 0 Å². The minimum Gasteiger partial charge on any atom is -0.384 e. The van der Waals surface area contributed by atoms with Gasteiger partial charge in [0.15, 0.2) is 0 Å². The first-order chi connectivity index (χ1) is 9.08. The van der Waals surface area contributed by atoms with Crippen LogP contribution in [0, 0.1) is 5.41 Å². The molecule has 0 aliphatic rings. The molecule has 3 N–H and O–H groups in total. The molecule has 4 nitrogen and oxygen atoms in total. The molecule has 0 radical (unpaired) electrons. The van der Waals surface area contributed by atoms with Gasteiger partial charge in [-0.2, -0.15) is 5.10 Å². The summed E-state index contributed by atoms with van der Waals surface area (Å²) in [5, 5.41) is 16.1. The van der Waals surface area contributed by atoms with Crippen LogP contribution in [0.4, 0.5) is 0 Å². The lowest BCUT2D eigenvalue weighted by Gasteiger charge is -2.08. The van der Waals surface area contributed by atoms with Crippen molar-refractivity contribution in [3.63, 3.8) is 0 Å². The molecule has 98 valence electrons. The normalized spacial score (nSPS) is 10.7. The largest absolute Gasteiger partial charge is 0.384 e. The Kier molecular flexibility index (Phi) is 4.16. The van der Waals surface area contributed by atoms with E-state index < -0.39 is 0 Å². The van der Waals surface area contributed by atoms with Gasteiger partial charge in [-0.05, 0) is 29.7 Å². The molecular weight excluding hydrogens is 256 g/mol. The Bertz CT molecular complexity index is 578. The Labute approximate surface area is 117 Å². The van der Waals surface area contributed by atoms with Crippen LogP contribution in [0.5, 0.6) is 0 Å². The zero-order valence-electron chi connectivity index (χ0n) is 10.9. The highest BCUT2D eigenvalue weighted by Gasteiger charge is 2.09. The molecule has 0 spiro atoms. The Hall–Kier alpha value is -1.88. The van der Waals surface area contributed by atoms with Crippen molar-refractivity contribution >= 4 is 17.6 Å². The van der Waals surface area contributed by atoms with E-state index in [1.165, 1.54) is 17.3 Å². The lowest BCUT2D eigenvalue weighted by Crippen LogP contribution is -2.13. The smallest absolute Gasteiger partial charge is 0.134 e. The van der Waals surface area contributed by atoms with Crippen LogP contribution in [0.1, 0.15) is 30.9 Å². The van der Waals surface area contributed by atoms with Gasteiger partial charge in [-0.25, -0.2) is 0 Å². The van der Waals surface area contributed by atoms with E-state index in [0.29, 0.717) is 16.5 Å². The van der Waals surface area contributed by atoms with Crippen molar-refractivity contribution in [2.24, 2.45) is 5.73 Å². The standard InChI is InChI=1S/C14H16N4S/c1-9(2)10-3-5-11(6-4-10)19-14-12(13(15)16)7-8-17-18-14/h3-9H,1-2H3,(H3,15,16).